The Hall–Kier alpha value is -2.68. The van der Waals surface area contributed by atoms with Gasteiger partial charge in [0.1, 0.15) is 23.5 Å². The molecule has 3 aromatic rings. The van der Waals surface area contributed by atoms with Gasteiger partial charge in [-0.05, 0) is 38.5 Å². The number of nitrogens with zero attached hydrogens (tertiary/aromatic N) is 3. The lowest BCUT2D eigenvalue weighted by atomic mass is 10.1. The van der Waals surface area contributed by atoms with E-state index in [-0.39, 0.29) is 11.3 Å². The molecule has 1 aromatic carbocycles. The fourth-order valence-corrected chi connectivity index (χ4v) is 2.98. The van der Waals surface area contributed by atoms with Gasteiger partial charge in [0.15, 0.2) is 0 Å². The van der Waals surface area contributed by atoms with Crippen molar-refractivity contribution in [3.8, 4) is 16.9 Å². The predicted octanol–water partition coefficient (Wildman–Crippen LogP) is 3.03. The summed E-state index contributed by atoms with van der Waals surface area (Å²) in [5.74, 6) is 0.166. The van der Waals surface area contributed by atoms with Crippen molar-refractivity contribution in [2.75, 3.05) is 5.73 Å². The molecular formula is C16H17FN4O3S. The van der Waals surface area contributed by atoms with E-state index in [2.05, 4.69) is 14.2 Å². The molecule has 0 amide bonds. The normalized spacial score (nSPS) is 12.5. The third-order valence-corrected chi connectivity index (χ3v) is 4.07. The average molecular weight is 364 g/mol. The zero-order valence-electron chi connectivity index (χ0n) is 13.9. The second-order valence-corrected chi connectivity index (χ2v) is 7.50. The van der Waals surface area contributed by atoms with Crippen molar-refractivity contribution in [1.82, 2.24) is 14.5 Å². The molecule has 3 rings (SSSR count). The number of aromatic nitrogens is 3. The number of benzene rings is 1. The predicted molar refractivity (Wildman–Crippen MR) is 93.0 cm³/mol. The van der Waals surface area contributed by atoms with Crippen LogP contribution in [0, 0.1) is 0 Å². The first kappa shape index (κ1) is 17.2. The molecule has 0 unspecified atom stereocenters. The fraction of sp³-hybridized carbons (Fsp3) is 0.250. The summed E-state index contributed by atoms with van der Waals surface area (Å²) in [6, 6.07) is 6.08. The highest BCUT2D eigenvalue weighted by molar-refractivity contribution is 7.81. The van der Waals surface area contributed by atoms with Crippen molar-refractivity contribution >= 4 is 27.4 Å². The molecular weight excluding hydrogens is 347 g/mol. The Balaban J connectivity index is 2.25. The number of halogens is 1. The van der Waals surface area contributed by atoms with Gasteiger partial charge in [-0.1, -0.05) is 16.0 Å². The lowest BCUT2D eigenvalue weighted by Crippen LogP contribution is -2.21. The summed E-state index contributed by atoms with van der Waals surface area (Å²) in [7, 11) is -5.10. The van der Waals surface area contributed by atoms with Crippen LogP contribution in [-0.4, -0.2) is 23.0 Å². The van der Waals surface area contributed by atoms with E-state index in [0.717, 1.165) is 0 Å². The summed E-state index contributed by atoms with van der Waals surface area (Å²) < 4.78 is 40.5. The maximum atomic E-state index is 12.8. The fourth-order valence-electron chi connectivity index (χ4n) is 2.65. The van der Waals surface area contributed by atoms with Crippen LogP contribution in [0.4, 0.5) is 9.70 Å². The van der Waals surface area contributed by atoms with Gasteiger partial charge in [-0.25, -0.2) is 9.97 Å². The van der Waals surface area contributed by atoms with Crippen molar-refractivity contribution in [3.63, 3.8) is 0 Å². The van der Waals surface area contributed by atoms with E-state index >= 15 is 0 Å². The van der Waals surface area contributed by atoms with Crippen LogP contribution in [0.15, 0.2) is 36.8 Å². The highest BCUT2D eigenvalue weighted by Crippen LogP contribution is 2.36. The SMILES string of the molecule is CC(C)(C)n1cc(-c2cccc(OS(=O)(=O)F)c2)c2c(N)ncnc21. The van der Waals surface area contributed by atoms with Crippen molar-refractivity contribution in [2.24, 2.45) is 0 Å². The molecule has 132 valence electrons. The highest BCUT2D eigenvalue weighted by atomic mass is 32.3. The molecule has 0 aliphatic carbocycles. The van der Waals surface area contributed by atoms with E-state index in [9.17, 15) is 12.3 Å². The molecule has 2 aromatic heterocycles. The minimum atomic E-state index is -5.10. The van der Waals surface area contributed by atoms with Crippen LogP contribution in [0.2, 0.25) is 0 Å². The quantitative estimate of drug-likeness (QED) is 0.717. The Labute approximate surface area is 144 Å². The summed E-state index contributed by atoms with van der Waals surface area (Å²) >= 11 is 0. The minimum absolute atomic E-state index is 0.132. The summed E-state index contributed by atoms with van der Waals surface area (Å²) in [6.45, 7) is 6.05. The Bertz CT molecular complexity index is 1050. The second-order valence-electron chi connectivity index (χ2n) is 6.55. The van der Waals surface area contributed by atoms with Gasteiger partial charge in [-0.2, -0.15) is 8.42 Å². The number of nitrogen functional groups attached to an aromatic ring is 1. The maximum absolute atomic E-state index is 12.8. The molecule has 0 atom stereocenters. The highest BCUT2D eigenvalue weighted by Gasteiger charge is 2.22. The average Bonchev–Trinajstić information content (AvgIpc) is 2.87. The molecule has 0 bridgehead atoms. The van der Waals surface area contributed by atoms with Crippen LogP contribution < -0.4 is 9.92 Å². The van der Waals surface area contributed by atoms with E-state index in [1.807, 2.05) is 31.5 Å². The standard InChI is InChI=1S/C16H17FN4O3S/c1-16(2,3)21-8-12(13-14(18)19-9-20-15(13)21)10-5-4-6-11(7-10)24-25(17,22)23/h4-9H,1-3H3,(H2,18,19,20). The Morgan fingerprint density at radius 3 is 2.60 bits per heavy atom. The summed E-state index contributed by atoms with van der Waals surface area (Å²) in [4.78, 5) is 8.36. The van der Waals surface area contributed by atoms with Crippen LogP contribution in [0.25, 0.3) is 22.2 Å². The van der Waals surface area contributed by atoms with Gasteiger partial charge in [0.25, 0.3) is 0 Å². The third-order valence-electron chi connectivity index (χ3n) is 3.68. The van der Waals surface area contributed by atoms with Crippen LogP contribution >= 0.6 is 0 Å². The Morgan fingerprint density at radius 1 is 1.24 bits per heavy atom. The number of hydrogen-bond donors (Lipinski definition) is 1. The molecule has 25 heavy (non-hydrogen) atoms. The monoisotopic (exact) mass is 364 g/mol. The van der Waals surface area contributed by atoms with E-state index in [0.29, 0.717) is 28.0 Å². The molecule has 0 saturated carbocycles. The van der Waals surface area contributed by atoms with Crippen molar-refractivity contribution in [1.29, 1.82) is 0 Å². The molecule has 7 nitrogen and oxygen atoms in total. The first-order valence-electron chi connectivity index (χ1n) is 7.43. The Kier molecular flexibility index (Phi) is 3.91. The van der Waals surface area contributed by atoms with Gasteiger partial charge < -0.3 is 14.5 Å². The van der Waals surface area contributed by atoms with Gasteiger partial charge in [0.05, 0.1) is 5.39 Å². The van der Waals surface area contributed by atoms with Crippen LogP contribution in [-0.2, 0) is 16.0 Å². The van der Waals surface area contributed by atoms with Crippen LogP contribution in [0.1, 0.15) is 20.8 Å². The number of nitrogens with two attached hydrogens (primary N) is 1. The Morgan fingerprint density at radius 2 is 1.96 bits per heavy atom. The molecule has 0 aliphatic heterocycles. The van der Waals surface area contributed by atoms with E-state index in [4.69, 9.17) is 5.73 Å². The smallest absolute Gasteiger partial charge is 0.383 e. The van der Waals surface area contributed by atoms with Gasteiger partial charge in [-0.15, -0.1) is 0 Å². The molecule has 0 fully saturated rings. The van der Waals surface area contributed by atoms with Crippen molar-refractivity contribution in [2.45, 2.75) is 26.3 Å². The van der Waals surface area contributed by atoms with Gasteiger partial charge >= 0.3 is 10.5 Å². The van der Waals surface area contributed by atoms with E-state index in [1.165, 1.54) is 18.5 Å². The lowest BCUT2D eigenvalue weighted by molar-refractivity contribution is 0.408. The summed E-state index contributed by atoms with van der Waals surface area (Å²) in [5.41, 5.74) is 7.73. The number of fused-ring (bicyclic) bond motifs is 1. The molecule has 0 aliphatic rings. The number of rotatable bonds is 3. The van der Waals surface area contributed by atoms with Gasteiger partial charge in [0.2, 0.25) is 0 Å². The van der Waals surface area contributed by atoms with Crippen LogP contribution in [0.5, 0.6) is 5.75 Å². The lowest BCUT2D eigenvalue weighted by Gasteiger charge is -2.21. The van der Waals surface area contributed by atoms with Crippen molar-refractivity contribution < 1.29 is 16.5 Å². The van der Waals surface area contributed by atoms with Gasteiger partial charge in [-0.3, -0.25) is 0 Å². The zero-order chi connectivity index (χ0) is 18.4. The molecule has 9 heteroatoms. The first-order valence-corrected chi connectivity index (χ1v) is 8.73. The molecule has 2 heterocycles. The molecule has 0 saturated heterocycles. The van der Waals surface area contributed by atoms with E-state index < -0.39 is 10.5 Å². The van der Waals surface area contributed by atoms with E-state index in [1.54, 1.807) is 12.1 Å². The summed E-state index contributed by atoms with van der Waals surface area (Å²) in [5, 5.41) is 0.637. The number of anilines is 1. The topological polar surface area (TPSA) is 100 Å². The molecule has 2 N–H and O–H groups in total. The first-order chi connectivity index (χ1) is 11.6. The van der Waals surface area contributed by atoms with Gasteiger partial charge in [0, 0.05) is 17.3 Å². The minimum Gasteiger partial charge on any atom is -0.383 e. The second kappa shape index (κ2) is 5.69. The van der Waals surface area contributed by atoms with Crippen LogP contribution in [0.3, 0.4) is 0 Å². The zero-order valence-corrected chi connectivity index (χ0v) is 14.7. The summed E-state index contributed by atoms with van der Waals surface area (Å²) in [6.07, 6.45) is 3.25. The third kappa shape index (κ3) is 3.41. The molecule has 0 radical (unpaired) electrons. The largest absolute Gasteiger partial charge is 0.488 e. The number of hydrogen-bond acceptors (Lipinski definition) is 6. The maximum Gasteiger partial charge on any atom is 0.488 e. The van der Waals surface area contributed by atoms with Crippen molar-refractivity contribution in [3.05, 3.63) is 36.8 Å². The molecule has 0 spiro atoms.